The SMILES string of the molecule is CCOC(=O)C1C=C(OP(=O)(OCC)OCC)[C@@]2(O)CCC[C@@H]2N1. The van der Waals surface area contributed by atoms with Crippen molar-refractivity contribution in [2.45, 2.75) is 57.7 Å². The molecule has 1 saturated carbocycles. The monoisotopic (exact) mass is 363 g/mol. The molecule has 9 heteroatoms. The predicted molar refractivity (Wildman–Crippen MR) is 86.2 cm³/mol. The molecule has 0 saturated heterocycles. The summed E-state index contributed by atoms with van der Waals surface area (Å²) in [6.07, 6.45) is 3.26. The first-order chi connectivity index (χ1) is 11.4. The van der Waals surface area contributed by atoms with Gasteiger partial charge in [0.1, 0.15) is 17.4 Å². The standard InChI is InChI=1S/C15H26NO7P/c1-4-20-14(17)11-10-13(15(18)9-7-8-12(15)16-11)23-24(19,21-5-2)22-6-3/h10-12,16,18H,4-9H2,1-3H3/t11?,12-,15+/m0/s1. The molecule has 0 radical (unpaired) electrons. The van der Waals surface area contributed by atoms with Crippen molar-refractivity contribution in [1.29, 1.82) is 0 Å². The summed E-state index contributed by atoms with van der Waals surface area (Å²) in [5.74, 6) is -0.428. The fourth-order valence-corrected chi connectivity index (χ4v) is 4.34. The molecule has 138 valence electrons. The molecule has 0 aromatic rings. The van der Waals surface area contributed by atoms with Gasteiger partial charge < -0.3 is 14.4 Å². The van der Waals surface area contributed by atoms with E-state index in [1.165, 1.54) is 6.08 Å². The van der Waals surface area contributed by atoms with Crippen molar-refractivity contribution in [2.75, 3.05) is 19.8 Å². The highest BCUT2D eigenvalue weighted by molar-refractivity contribution is 7.48. The maximum Gasteiger partial charge on any atom is 0.529 e. The molecule has 3 atom stereocenters. The number of carbonyl (C=O) groups excluding carboxylic acids is 1. The summed E-state index contributed by atoms with van der Waals surface area (Å²) in [5.41, 5.74) is -1.34. The number of hydrogen-bond acceptors (Lipinski definition) is 8. The molecule has 0 aromatic heterocycles. The van der Waals surface area contributed by atoms with E-state index in [4.69, 9.17) is 18.3 Å². The van der Waals surface area contributed by atoms with Gasteiger partial charge in [-0.25, -0.2) is 4.57 Å². The Hall–Kier alpha value is -0.920. The van der Waals surface area contributed by atoms with Crippen molar-refractivity contribution < 1.29 is 32.8 Å². The summed E-state index contributed by atoms with van der Waals surface area (Å²) in [7, 11) is -3.86. The van der Waals surface area contributed by atoms with Crippen molar-refractivity contribution >= 4 is 13.8 Å². The number of esters is 1. The van der Waals surface area contributed by atoms with Crippen molar-refractivity contribution in [1.82, 2.24) is 5.32 Å². The summed E-state index contributed by atoms with van der Waals surface area (Å²) in [4.78, 5) is 12.1. The van der Waals surface area contributed by atoms with Crippen LogP contribution in [0.5, 0.6) is 0 Å². The van der Waals surface area contributed by atoms with Gasteiger partial charge in [0.2, 0.25) is 0 Å². The lowest BCUT2D eigenvalue weighted by molar-refractivity contribution is -0.145. The average molecular weight is 363 g/mol. The van der Waals surface area contributed by atoms with E-state index >= 15 is 0 Å². The van der Waals surface area contributed by atoms with Gasteiger partial charge >= 0.3 is 13.8 Å². The van der Waals surface area contributed by atoms with Crippen LogP contribution in [0.2, 0.25) is 0 Å². The molecule has 2 aliphatic rings. The second kappa shape index (κ2) is 7.97. The zero-order valence-corrected chi connectivity index (χ0v) is 15.2. The van der Waals surface area contributed by atoms with Crippen LogP contribution in [0.15, 0.2) is 11.8 Å². The first kappa shape index (κ1) is 19.4. The van der Waals surface area contributed by atoms with Gasteiger partial charge in [-0.3, -0.25) is 19.2 Å². The molecular weight excluding hydrogens is 337 g/mol. The lowest BCUT2D eigenvalue weighted by Gasteiger charge is -2.39. The third kappa shape index (κ3) is 4.00. The molecular formula is C15H26NO7P. The van der Waals surface area contributed by atoms with E-state index in [-0.39, 0.29) is 31.6 Å². The Morgan fingerprint density at radius 1 is 1.33 bits per heavy atom. The maximum atomic E-state index is 12.7. The minimum absolute atomic E-state index is 0.0482. The van der Waals surface area contributed by atoms with Gasteiger partial charge in [0, 0.05) is 6.04 Å². The number of nitrogens with one attached hydrogen (secondary N) is 1. The van der Waals surface area contributed by atoms with Gasteiger partial charge in [0.15, 0.2) is 0 Å². The van der Waals surface area contributed by atoms with E-state index in [1.807, 2.05) is 0 Å². The Labute approximate surface area is 142 Å². The van der Waals surface area contributed by atoms with E-state index in [1.54, 1.807) is 20.8 Å². The number of ether oxygens (including phenoxy) is 1. The smallest absolute Gasteiger partial charge is 0.465 e. The third-order valence-electron chi connectivity index (χ3n) is 4.08. The summed E-state index contributed by atoms with van der Waals surface area (Å²) in [5, 5.41) is 14.0. The Morgan fingerprint density at radius 2 is 2.00 bits per heavy atom. The minimum atomic E-state index is -3.86. The molecule has 0 spiro atoms. The molecule has 0 bridgehead atoms. The van der Waals surface area contributed by atoms with Crippen molar-refractivity contribution in [3.63, 3.8) is 0 Å². The van der Waals surface area contributed by atoms with Crippen molar-refractivity contribution in [3.8, 4) is 0 Å². The van der Waals surface area contributed by atoms with Gasteiger partial charge in [-0.15, -0.1) is 0 Å². The summed E-state index contributed by atoms with van der Waals surface area (Å²) in [6, 6.07) is -1.16. The maximum absolute atomic E-state index is 12.7. The van der Waals surface area contributed by atoms with Crippen LogP contribution in [0, 0.1) is 0 Å². The van der Waals surface area contributed by atoms with E-state index in [0.717, 1.165) is 6.42 Å². The van der Waals surface area contributed by atoms with Gasteiger partial charge in [0.25, 0.3) is 0 Å². The van der Waals surface area contributed by atoms with E-state index < -0.39 is 25.4 Å². The van der Waals surface area contributed by atoms with Crippen LogP contribution in [0.3, 0.4) is 0 Å². The summed E-state index contributed by atoms with van der Waals surface area (Å²) < 4.78 is 33.5. The Bertz CT molecular complexity index is 528. The zero-order valence-electron chi connectivity index (χ0n) is 14.3. The topological polar surface area (TPSA) is 103 Å². The normalized spacial score (nSPS) is 29.8. The number of rotatable bonds is 8. The zero-order chi connectivity index (χ0) is 17.8. The Balaban J connectivity index is 2.30. The molecule has 2 rings (SSSR count). The molecule has 1 heterocycles. The first-order valence-electron chi connectivity index (χ1n) is 8.34. The predicted octanol–water partition coefficient (Wildman–Crippen LogP) is 1.89. The van der Waals surface area contributed by atoms with Gasteiger partial charge in [-0.05, 0) is 46.1 Å². The Kier molecular flexibility index (Phi) is 6.45. The molecule has 1 fully saturated rings. The molecule has 1 aliphatic heterocycles. The second-order valence-electron chi connectivity index (χ2n) is 5.67. The van der Waals surface area contributed by atoms with Crippen LogP contribution in [0.4, 0.5) is 0 Å². The number of phosphoric acid groups is 1. The van der Waals surface area contributed by atoms with E-state index in [9.17, 15) is 14.5 Å². The second-order valence-corrected chi connectivity index (χ2v) is 7.26. The van der Waals surface area contributed by atoms with Gasteiger partial charge in [-0.1, -0.05) is 0 Å². The van der Waals surface area contributed by atoms with Gasteiger partial charge in [-0.2, -0.15) is 0 Å². The summed E-state index contributed by atoms with van der Waals surface area (Å²) >= 11 is 0. The van der Waals surface area contributed by atoms with Gasteiger partial charge in [0.05, 0.1) is 19.8 Å². The first-order valence-corrected chi connectivity index (χ1v) is 9.80. The number of phosphoric ester groups is 1. The van der Waals surface area contributed by atoms with E-state index in [0.29, 0.717) is 12.8 Å². The number of carbonyl (C=O) groups is 1. The lowest BCUT2D eigenvalue weighted by atomic mass is 9.89. The van der Waals surface area contributed by atoms with Crippen LogP contribution >= 0.6 is 7.82 Å². The van der Waals surface area contributed by atoms with Crippen LogP contribution in [-0.4, -0.2) is 48.6 Å². The number of aliphatic hydroxyl groups is 1. The van der Waals surface area contributed by atoms with Crippen LogP contribution in [0.25, 0.3) is 0 Å². The molecule has 1 unspecified atom stereocenters. The average Bonchev–Trinajstić information content (AvgIpc) is 2.90. The summed E-state index contributed by atoms with van der Waals surface area (Å²) in [6.45, 7) is 5.55. The Morgan fingerprint density at radius 3 is 2.58 bits per heavy atom. The van der Waals surface area contributed by atoms with Crippen molar-refractivity contribution in [2.24, 2.45) is 0 Å². The third-order valence-corrected chi connectivity index (χ3v) is 5.65. The molecule has 24 heavy (non-hydrogen) atoms. The highest BCUT2D eigenvalue weighted by Gasteiger charge is 2.52. The largest absolute Gasteiger partial charge is 0.529 e. The highest BCUT2D eigenvalue weighted by Crippen LogP contribution is 2.54. The molecule has 0 amide bonds. The molecule has 2 N–H and O–H groups in total. The van der Waals surface area contributed by atoms with Crippen molar-refractivity contribution in [3.05, 3.63) is 11.8 Å². The quantitative estimate of drug-likeness (QED) is 0.498. The fourth-order valence-electron chi connectivity index (χ4n) is 3.07. The fraction of sp³-hybridized carbons (Fsp3) is 0.800. The van der Waals surface area contributed by atoms with E-state index in [2.05, 4.69) is 5.32 Å². The lowest BCUT2D eigenvalue weighted by Crippen LogP contribution is -2.57. The molecule has 8 nitrogen and oxygen atoms in total. The van der Waals surface area contributed by atoms with Crippen LogP contribution in [0.1, 0.15) is 40.0 Å². The minimum Gasteiger partial charge on any atom is -0.465 e. The highest BCUT2D eigenvalue weighted by atomic mass is 31.2. The molecule has 0 aromatic carbocycles. The van der Waals surface area contributed by atoms with Crippen LogP contribution in [-0.2, 0) is 27.7 Å². The molecule has 1 aliphatic carbocycles. The number of hydrogen-bond donors (Lipinski definition) is 2. The number of fused-ring (bicyclic) bond motifs is 1. The van der Waals surface area contributed by atoms with Crippen LogP contribution < -0.4 is 5.32 Å².